The number of ether oxygens (including phenoxy) is 1. The average molecular weight is 330 g/mol. The Morgan fingerprint density at radius 3 is 2.26 bits per heavy atom. The standard InChI is InChI=1S/C19H20ClNO2/c1-14(13-20)21(15(2)16-7-5-4-6-8-16)19(22)17-9-11-18(23-3)12-10-17/h4-13,15H,1-3H3/b14-13+/t15-/m0/s1. The quantitative estimate of drug-likeness (QED) is 0.772. The first kappa shape index (κ1) is 17.1. The lowest BCUT2D eigenvalue weighted by Crippen LogP contribution is -2.32. The summed E-state index contributed by atoms with van der Waals surface area (Å²) in [6.07, 6.45) is 0. The van der Waals surface area contributed by atoms with Crippen molar-refractivity contribution in [2.45, 2.75) is 19.9 Å². The number of methoxy groups -OCH3 is 1. The second-order valence-electron chi connectivity index (χ2n) is 5.24. The number of benzene rings is 2. The van der Waals surface area contributed by atoms with E-state index in [1.165, 1.54) is 5.54 Å². The third kappa shape index (κ3) is 3.93. The maximum Gasteiger partial charge on any atom is 0.258 e. The summed E-state index contributed by atoms with van der Waals surface area (Å²) >= 11 is 5.88. The summed E-state index contributed by atoms with van der Waals surface area (Å²) in [6, 6.07) is 16.8. The lowest BCUT2D eigenvalue weighted by atomic mass is 10.0. The molecule has 2 aromatic carbocycles. The van der Waals surface area contributed by atoms with Gasteiger partial charge in [-0.15, -0.1) is 0 Å². The number of hydrogen-bond donors (Lipinski definition) is 0. The van der Waals surface area contributed by atoms with E-state index in [0.29, 0.717) is 17.0 Å². The van der Waals surface area contributed by atoms with E-state index in [-0.39, 0.29) is 11.9 Å². The largest absolute Gasteiger partial charge is 0.497 e. The van der Waals surface area contributed by atoms with Crippen LogP contribution in [0.15, 0.2) is 65.8 Å². The predicted octanol–water partition coefficient (Wildman–Crippen LogP) is 5.00. The SMILES string of the molecule is COc1ccc(C(=O)N(/C(C)=C/Cl)[C@@H](C)c2ccccc2)cc1. The zero-order valence-corrected chi connectivity index (χ0v) is 14.2. The number of carbonyl (C=O) groups excluding carboxylic acids is 1. The highest BCUT2D eigenvalue weighted by molar-refractivity contribution is 6.25. The van der Waals surface area contributed by atoms with E-state index in [2.05, 4.69) is 0 Å². The molecule has 0 unspecified atom stereocenters. The minimum atomic E-state index is -0.124. The third-order valence-electron chi connectivity index (χ3n) is 3.76. The van der Waals surface area contributed by atoms with Gasteiger partial charge in [-0.1, -0.05) is 41.9 Å². The van der Waals surface area contributed by atoms with Crippen LogP contribution in [-0.2, 0) is 0 Å². The minimum Gasteiger partial charge on any atom is -0.497 e. The van der Waals surface area contributed by atoms with Crippen LogP contribution >= 0.6 is 11.6 Å². The van der Waals surface area contributed by atoms with Crippen molar-refractivity contribution in [3.63, 3.8) is 0 Å². The summed E-state index contributed by atoms with van der Waals surface area (Å²) in [5.74, 6) is 0.618. The van der Waals surface area contributed by atoms with Crippen LogP contribution in [0.5, 0.6) is 5.75 Å². The molecule has 3 nitrogen and oxygen atoms in total. The van der Waals surface area contributed by atoms with Gasteiger partial charge in [0.2, 0.25) is 0 Å². The van der Waals surface area contributed by atoms with E-state index in [9.17, 15) is 4.79 Å². The average Bonchev–Trinajstić information content (AvgIpc) is 2.62. The number of halogens is 1. The molecule has 0 aromatic heterocycles. The summed E-state index contributed by atoms with van der Waals surface area (Å²) < 4.78 is 5.14. The maximum absolute atomic E-state index is 12.9. The molecule has 0 aliphatic carbocycles. The first-order valence-corrected chi connectivity index (χ1v) is 7.81. The summed E-state index contributed by atoms with van der Waals surface area (Å²) in [6.45, 7) is 3.81. The number of nitrogens with zero attached hydrogens (tertiary/aromatic N) is 1. The fourth-order valence-corrected chi connectivity index (χ4v) is 2.55. The summed E-state index contributed by atoms with van der Waals surface area (Å²) in [4.78, 5) is 14.6. The van der Waals surface area contributed by atoms with Crippen molar-refractivity contribution in [2.24, 2.45) is 0 Å². The lowest BCUT2D eigenvalue weighted by Gasteiger charge is -2.30. The van der Waals surface area contributed by atoms with Crippen LogP contribution in [0, 0.1) is 0 Å². The molecular formula is C19H20ClNO2. The van der Waals surface area contributed by atoms with Gasteiger partial charge in [-0.05, 0) is 43.7 Å². The van der Waals surface area contributed by atoms with Gasteiger partial charge in [0.15, 0.2) is 0 Å². The molecule has 0 aliphatic rings. The molecule has 4 heteroatoms. The number of rotatable bonds is 5. The Morgan fingerprint density at radius 2 is 1.74 bits per heavy atom. The van der Waals surface area contributed by atoms with Gasteiger partial charge in [0.1, 0.15) is 5.75 Å². The highest BCUT2D eigenvalue weighted by Gasteiger charge is 2.24. The Labute approximate surface area is 142 Å². The second kappa shape index (κ2) is 7.84. The van der Waals surface area contributed by atoms with E-state index in [0.717, 1.165) is 5.56 Å². The van der Waals surface area contributed by atoms with Crippen LogP contribution in [0.2, 0.25) is 0 Å². The summed E-state index contributed by atoms with van der Waals surface area (Å²) in [5.41, 5.74) is 3.77. The lowest BCUT2D eigenvalue weighted by molar-refractivity contribution is 0.0757. The Kier molecular flexibility index (Phi) is 5.83. The highest BCUT2D eigenvalue weighted by Crippen LogP contribution is 2.27. The first-order valence-electron chi connectivity index (χ1n) is 7.38. The smallest absolute Gasteiger partial charge is 0.258 e. The van der Waals surface area contributed by atoms with Gasteiger partial charge in [-0.2, -0.15) is 0 Å². The molecule has 0 radical (unpaired) electrons. The van der Waals surface area contributed by atoms with Gasteiger partial charge in [0.25, 0.3) is 5.91 Å². The van der Waals surface area contributed by atoms with Gasteiger partial charge in [0.05, 0.1) is 13.2 Å². The minimum absolute atomic E-state index is 0.0987. The van der Waals surface area contributed by atoms with Crippen molar-refractivity contribution >= 4 is 17.5 Å². The highest BCUT2D eigenvalue weighted by atomic mass is 35.5. The van der Waals surface area contributed by atoms with Crippen molar-refractivity contribution < 1.29 is 9.53 Å². The maximum atomic E-state index is 12.9. The molecule has 0 fully saturated rings. The molecule has 1 atom stereocenters. The molecule has 120 valence electrons. The van der Waals surface area contributed by atoms with Gasteiger partial charge in [0, 0.05) is 16.8 Å². The molecule has 0 N–H and O–H groups in total. The molecule has 0 spiro atoms. The molecule has 0 heterocycles. The molecule has 0 saturated carbocycles. The fraction of sp³-hybridized carbons (Fsp3) is 0.211. The van der Waals surface area contributed by atoms with E-state index in [4.69, 9.17) is 16.3 Å². The Bertz CT molecular complexity index is 680. The molecular weight excluding hydrogens is 310 g/mol. The topological polar surface area (TPSA) is 29.5 Å². The molecule has 2 aromatic rings. The predicted molar refractivity (Wildman–Crippen MR) is 93.6 cm³/mol. The van der Waals surface area contributed by atoms with E-state index in [1.807, 2.05) is 44.2 Å². The van der Waals surface area contributed by atoms with Gasteiger partial charge >= 0.3 is 0 Å². The monoisotopic (exact) mass is 329 g/mol. The number of allylic oxidation sites excluding steroid dienone is 1. The molecule has 0 bridgehead atoms. The van der Waals surface area contributed by atoms with Gasteiger partial charge < -0.3 is 9.64 Å². The molecule has 0 saturated heterocycles. The van der Waals surface area contributed by atoms with Crippen molar-refractivity contribution in [3.8, 4) is 5.75 Å². The number of amides is 1. The fourth-order valence-electron chi connectivity index (χ4n) is 2.45. The Morgan fingerprint density at radius 1 is 1.13 bits per heavy atom. The molecule has 0 aliphatic heterocycles. The van der Waals surface area contributed by atoms with Gasteiger partial charge in [-0.3, -0.25) is 4.79 Å². The normalized spacial score (nSPS) is 12.6. The number of hydrogen-bond acceptors (Lipinski definition) is 2. The van der Waals surface area contributed by atoms with Crippen LogP contribution in [0.1, 0.15) is 35.8 Å². The van der Waals surface area contributed by atoms with E-state index < -0.39 is 0 Å². The van der Waals surface area contributed by atoms with Crippen molar-refractivity contribution in [3.05, 3.63) is 77.0 Å². The van der Waals surface area contributed by atoms with Crippen LogP contribution in [0.3, 0.4) is 0 Å². The van der Waals surface area contributed by atoms with E-state index in [1.54, 1.807) is 36.3 Å². The first-order chi connectivity index (χ1) is 11.1. The van der Waals surface area contributed by atoms with Crippen molar-refractivity contribution in [1.82, 2.24) is 4.90 Å². The Balaban J connectivity index is 2.36. The van der Waals surface area contributed by atoms with Crippen LogP contribution in [0.4, 0.5) is 0 Å². The van der Waals surface area contributed by atoms with Crippen LogP contribution < -0.4 is 4.74 Å². The molecule has 1 amide bonds. The summed E-state index contributed by atoms with van der Waals surface area (Å²) in [7, 11) is 1.60. The van der Waals surface area contributed by atoms with Gasteiger partial charge in [-0.25, -0.2) is 0 Å². The molecule has 2 rings (SSSR count). The third-order valence-corrected chi connectivity index (χ3v) is 4.08. The Hall–Kier alpha value is -2.26. The zero-order valence-electron chi connectivity index (χ0n) is 13.5. The van der Waals surface area contributed by atoms with Crippen molar-refractivity contribution in [2.75, 3.05) is 7.11 Å². The second-order valence-corrected chi connectivity index (χ2v) is 5.46. The molecule has 23 heavy (non-hydrogen) atoms. The number of carbonyl (C=O) groups is 1. The van der Waals surface area contributed by atoms with E-state index >= 15 is 0 Å². The van der Waals surface area contributed by atoms with Crippen LogP contribution in [-0.4, -0.2) is 17.9 Å². The summed E-state index contributed by atoms with van der Waals surface area (Å²) in [5, 5.41) is 0. The van der Waals surface area contributed by atoms with Crippen LogP contribution in [0.25, 0.3) is 0 Å². The zero-order chi connectivity index (χ0) is 16.8. The van der Waals surface area contributed by atoms with Crippen molar-refractivity contribution in [1.29, 1.82) is 0 Å².